The number of nitrogens with zero attached hydrogens (tertiary/aromatic N) is 1. The number of carbonyl (C=O) groups is 2. The molecule has 26 heavy (non-hydrogen) atoms. The molecule has 0 spiro atoms. The fourth-order valence-corrected chi connectivity index (χ4v) is 2.77. The van der Waals surface area contributed by atoms with Crippen molar-refractivity contribution in [3.8, 4) is 17.2 Å². The number of para-hydroxylation sites is 2. The molecular formula is C19H20N2O5. The molecule has 1 atom stereocenters. The normalized spacial score (nSPS) is 15.5. The SMILES string of the molecule is COc1cc(NC(=O)[C@@H]2CN(C(C)=O)c3ccccc3O2)cc(OC)c1. The summed E-state index contributed by atoms with van der Waals surface area (Å²) < 4.78 is 16.2. The molecule has 0 radical (unpaired) electrons. The third-order valence-corrected chi connectivity index (χ3v) is 4.07. The lowest BCUT2D eigenvalue weighted by Crippen LogP contribution is -2.48. The van der Waals surface area contributed by atoms with Crippen LogP contribution < -0.4 is 24.4 Å². The van der Waals surface area contributed by atoms with Gasteiger partial charge in [-0.15, -0.1) is 0 Å². The van der Waals surface area contributed by atoms with Crippen molar-refractivity contribution in [3.05, 3.63) is 42.5 Å². The molecule has 0 saturated heterocycles. The highest BCUT2D eigenvalue weighted by Gasteiger charge is 2.32. The van der Waals surface area contributed by atoms with Gasteiger partial charge in [-0.25, -0.2) is 0 Å². The van der Waals surface area contributed by atoms with Crippen LogP contribution in [0.15, 0.2) is 42.5 Å². The number of amides is 2. The Bertz CT molecular complexity index is 814. The smallest absolute Gasteiger partial charge is 0.267 e. The summed E-state index contributed by atoms with van der Waals surface area (Å²) in [5.74, 6) is 1.10. The molecule has 2 aromatic rings. The van der Waals surface area contributed by atoms with Crippen LogP contribution in [0, 0.1) is 0 Å². The van der Waals surface area contributed by atoms with E-state index in [2.05, 4.69) is 5.32 Å². The number of nitrogens with one attached hydrogen (secondary N) is 1. The summed E-state index contributed by atoms with van der Waals surface area (Å²) in [6, 6.07) is 12.2. The summed E-state index contributed by atoms with van der Waals surface area (Å²) in [6.07, 6.45) is -0.828. The van der Waals surface area contributed by atoms with Gasteiger partial charge in [0.25, 0.3) is 5.91 Å². The third kappa shape index (κ3) is 3.56. The van der Waals surface area contributed by atoms with E-state index in [-0.39, 0.29) is 18.4 Å². The van der Waals surface area contributed by atoms with Gasteiger partial charge in [-0.1, -0.05) is 12.1 Å². The van der Waals surface area contributed by atoms with E-state index in [0.29, 0.717) is 28.6 Å². The second-order valence-corrected chi connectivity index (χ2v) is 5.79. The van der Waals surface area contributed by atoms with Gasteiger partial charge in [0, 0.05) is 30.8 Å². The van der Waals surface area contributed by atoms with Crippen molar-refractivity contribution < 1.29 is 23.8 Å². The summed E-state index contributed by atoms with van der Waals surface area (Å²) in [6.45, 7) is 1.60. The fourth-order valence-electron chi connectivity index (χ4n) is 2.77. The molecule has 7 heteroatoms. The molecule has 0 unspecified atom stereocenters. The van der Waals surface area contributed by atoms with Crippen LogP contribution in [0.3, 0.4) is 0 Å². The maximum Gasteiger partial charge on any atom is 0.267 e. The van der Waals surface area contributed by atoms with E-state index in [0.717, 1.165) is 0 Å². The highest BCUT2D eigenvalue weighted by Crippen LogP contribution is 2.33. The van der Waals surface area contributed by atoms with Crippen molar-refractivity contribution in [1.82, 2.24) is 0 Å². The summed E-state index contributed by atoms with van der Waals surface area (Å²) in [7, 11) is 3.07. The first-order valence-electron chi connectivity index (χ1n) is 8.09. The standard InChI is InChI=1S/C19H20N2O5/c1-12(22)21-11-18(26-17-7-5-4-6-16(17)21)19(23)20-13-8-14(24-2)10-15(9-13)25-3/h4-10,18H,11H2,1-3H3,(H,20,23)/t18-/m0/s1. The van der Waals surface area contributed by atoms with Gasteiger partial charge >= 0.3 is 0 Å². The predicted octanol–water partition coefficient (Wildman–Crippen LogP) is 2.46. The number of anilines is 2. The molecule has 0 fully saturated rings. The second-order valence-electron chi connectivity index (χ2n) is 5.79. The Balaban J connectivity index is 1.82. The Morgan fingerprint density at radius 1 is 1.12 bits per heavy atom. The number of ether oxygens (including phenoxy) is 3. The molecule has 1 N–H and O–H groups in total. The van der Waals surface area contributed by atoms with E-state index in [9.17, 15) is 9.59 Å². The molecule has 136 valence electrons. The first kappa shape index (κ1) is 17.6. The molecule has 7 nitrogen and oxygen atoms in total. The van der Waals surface area contributed by atoms with Crippen molar-refractivity contribution in [2.45, 2.75) is 13.0 Å². The molecule has 2 aromatic carbocycles. The Kier molecular flexibility index (Phi) is 4.97. The van der Waals surface area contributed by atoms with Gasteiger partial charge in [0.05, 0.1) is 26.5 Å². The zero-order chi connectivity index (χ0) is 18.7. The molecule has 2 amide bonds. The van der Waals surface area contributed by atoms with Crippen molar-refractivity contribution in [2.75, 3.05) is 31.0 Å². The Labute approximate surface area is 151 Å². The van der Waals surface area contributed by atoms with E-state index < -0.39 is 6.10 Å². The molecule has 0 saturated carbocycles. The van der Waals surface area contributed by atoms with Crippen LogP contribution in [0.5, 0.6) is 17.2 Å². The average Bonchev–Trinajstić information content (AvgIpc) is 2.66. The maximum absolute atomic E-state index is 12.7. The van der Waals surface area contributed by atoms with Crippen molar-refractivity contribution in [3.63, 3.8) is 0 Å². The zero-order valence-electron chi connectivity index (χ0n) is 14.8. The number of hydrogen-bond acceptors (Lipinski definition) is 5. The van der Waals surface area contributed by atoms with Crippen LogP contribution in [0.25, 0.3) is 0 Å². The van der Waals surface area contributed by atoms with Crippen LogP contribution >= 0.6 is 0 Å². The second kappa shape index (κ2) is 7.35. The summed E-state index contributed by atoms with van der Waals surface area (Å²) >= 11 is 0. The van der Waals surface area contributed by atoms with Gasteiger partial charge < -0.3 is 24.4 Å². The minimum Gasteiger partial charge on any atom is -0.497 e. The number of hydrogen-bond donors (Lipinski definition) is 1. The highest BCUT2D eigenvalue weighted by atomic mass is 16.5. The van der Waals surface area contributed by atoms with Crippen molar-refractivity contribution >= 4 is 23.2 Å². The Hall–Kier alpha value is -3.22. The lowest BCUT2D eigenvalue weighted by atomic mass is 10.1. The van der Waals surface area contributed by atoms with Crippen LogP contribution in [0.4, 0.5) is 11.4 Å². The topological polar surface area (TPSA) is 77.1 Å². The van der Waals surface area contributed by atoms with E-state index in [1.54, 1.807) is 36.4 Å². The monoisotopic (exact) mass is 356 g/mol. The largest absolute Gasteiger partial charge is 0.497 e. The molecule has 1 aliphatic heterocycles. The molecular weight excluding hydrogens is 336 g/mol. The zero-order valence-corrected chi connectivity index (χ0v) is 14.8. The number of fused-ring (bicyclic) bond motifs is 1. The minimum absolute atomic E-state index is 0.138. The van der Waals surface area contributed by atoms with Gasteiger partial charge in [0.15, 0.2) is 6.10 Å². The van der Waals surface area contributed by atoms with E-state index in [4.69, 9.17) is 14.2 Å². The highest BCUT2D eigenvalue weighted by molar-refractivity contribution is 5.99. The van der Waals surface area contributed by atoms with Crippen molar-refractivity contribution in [2.24, 2.45) is 0 Å². The van der Waals surface area contributed by atoms with Crippen LogP contribution in [-0.4, -0.2) is 38.7 Å². The molecule has 1 heterocycles. The quantitative estimate of drug-likeness (QED) is 0.911. The van der Waals surface area contributed by atoms with Crippen LogP contribution in [0.1, 0.15) is 6.92 Å². The average molecular weight is 356 g/mol. The number of carbonyl (C=O) groups excluding carboxylic acids is 2. The van der Waals surface area contributed by atoms with Gasteiger partial charge in [0.2, 0.25) is 5.91 Å². The molecule has 0 bridgehead atoms. The van der Waals surface area contributed by atoms with Crippen LogP contribution in [0.2, 0.25) is 0 Å². The Morgan fingerprint density at radius 3 is 2.38 bits per heavy atom. The first-order valence-corrected chi connectivity index (χ1v) is 8.09. The van der Waals surface area contributed by atoms with Crippen molar-refractivity contribution in [1.29, 1.82) is 0 Å². The van der Waals surface area contributed by atoms with Gasteiger partial charge in [-0.3, -0.25) is 9.59 Å². The minimum atomic E-state index is -0.828. The molecule has 3 rings (SSSR count). The molecule has 0 aromatic heterocycles. The van der Waals surface area contributed by atoms with Gasteiger partial charge in [0.1, 0.15) is 17.2 Å². The third-order valence-electron chi connectivity index (χ3n) is 4.07. The fraction of sp³-hybridized carbons (Fsp3) is 0.263. The predicted molar refractivity (Wildman–Crippen MR) is 97.1 cm³/mol. The van der Waals surface area contributed by atoms with E-state index in [1.165, 1.54) is 26.0 Å². The maximum atomic E-state index is 12.7. The summed E-state index contributed by atoms with van der Waals surface area (Å²) in [5.41, 5.74) is 1.18. The number of methoxy groups -OCH3 is 2. The van der Waals surface area contributed by atoms with E-state index >= 15 is 0 Å². The Morgan fingerprint density at radius 2 is 1.77 bits per heavy atom. The number of rotatable bonds is 4. The lowest BCUT2D eigenvalue weighted by Gasteiger charge is -2.33. The summed E-state index contributed by atoms with van der Waals surface area (Å²) in [5, 5.41) is 2.79. The summed E-state index contributed by atoms with van der Waals surface area (Å²) in [4.78, 5) is 26.2. The van der Waals surface area contributed by atoms with Gasteiger partial charge in [-0.2, -0.15) is 0 Å². The number of benzene rings is 2. The van der Waals surface area contributed by atoms with E-state index in [1.807, 2.05) is 6.07 Å². The first-order chi connectivity index (χ1) is 12.5. The molecule has 0 aliphatic carbocycles. The molecule has 1 aliphatic rings. The lowest BCUT2D eigenvalue weighted by molar-refractivity contribution is -0.123. The van der Waals surface area contributed by atoms with Crippen LogP contribution in [-0.2, 0) is 9.59 Å². The van der Waals surface area contributed by atoms with Gasteiger partial charge in [-0.05, 0) is 12.1 Å².